The maximum absolute atomic E-state index is 4.06. The molecule has 0 radical (unpaired) electrons. The molecule has 1 aromatic heterocycles. The van der Waals surface area contributed by atoms with Crippen LogP contribution in [0.5, 0.6) is 0 Å². The number of benzene rings is 1. The van der Waals surface area contributed by atoms with E-state index in [-0.39, 0.29) is 0 Å². The van der Waals surface area contributed by atoms with Gasteiger partial charge in [0.25, 0.3) is 0 Å². The zero-order valence-electron chi connectivity index (χ0n) is 8.66. The van der Waals surface area contributed by atoms with Gasteiger partial charge in [0.2, 0.25) is 0 Å². The molecule has 0 unspecified atom stereocenters. The molecule has 1 saturated carbocycles. The molecule has 0 saturated heterocycles. The van der Waals surface area contributed by atoms with Crippen molar-refractivity contribution >= 4 is 10.9 Å². The smallest absolute Gasteiger partial charge is 0.0695 e. The number of fused-ring (bicyclic) bond motifs is 1. The minimum Gasteiger partial charge on any atom is -0.312 e. The van der Waals surface area contributed by atoms with Crippen LogP contribution in [0.25, 0.3) is 10.9 Å². The van der Waals surface area contributed by atoms with Gasteiger partial charge in [-0.2, -0.15) is 5.10 Å². The Hall–Kier alpha value is -1.35. The first-order valence-electron chi connectivity index (χ1n) is 5.55. The number of nitrogens with one attached hydrogen (secondary N) is 2. The molecular formula is C12H15N3. The van der Waals surface area contributed by atoms with Crippen molar-refractivity contribution < 1.29 is 0 Å². The van der Waals surface area contributed by atoms with E-state index < -0.39 is 0 Å². The summed E-state index contributed by atoms with van der Waals surface area (Å²) >= 11 is 0. The molecule has 15 heavy (non-hydrogen) atoms. The minimum absolute atomic E-state index is 0.936. The Bertz CT molecular complexity index is 457. The Labute approximate surface area is 88.9 Å². The third-order valence-electron chi connectivity index (χ3n) is 3.01. The van der Waals surface area contributed by atoms with Gasteiger partial charge in [-0.1, -0.05) is 18.2 Å². The van der Waals surface area contributed by atoms with Gasteiger partial charge in [-0.25, -0.2) is 0 Å². The molecule has 1 aliphatic rings. The topological polar surface area (TPSA) is 40.7 Å². The van der Waals surface area contributed by atoms with Crippen molar-refractivity contribution in [1.29, 1.82) is 0 Å². The third-order valence-corrected chi connectivity index (χ3v) is 3.01. The fourth-order valence-corrected chi connectivity index (χ4v) is 1.91. The Balaban J connectivity index is 1.74. The third kappa shape index (κ3) is 1.88. The second-order valence-electron chi connectivity index (χ2n) is 4.33. The van der Waals surface area contributed by atoms with E-state index in [1.807, 2.05) is 6.20 Å². The summed E-state index contributed by atoms with van der Waals surface area (Å²) < 4.78 is 0. The Morgan fingerprint density at radius 1 is 1.40 bits per heavy atom. The van der Waals surface area contributed by atoms with Gasteiger partial charge in [-0.15, -0.1) is 0 Å². The summed E-state index contributed by atoms with van der Waals surface area (Å²) in [5, 5.41) is 11.8. The van der Waals surface area contributed by atoms with Crippen LogP contribution in [0.3, 0.4) is 0 Å². The van der Waals surface area contributed by atoms with Crippen LogP contribution in [0.2, 0.25) is 0 Å². The average molecular weight is 201 g/mol. The summed E-state index contributed by atoms with van der Waals surface area (Å²) in [5.41, 5.74) is 2.48. The number of rotatable bonds is 4. The molecule has 1 fully saturated rings. The van der Waals surface area contributed by atoms with Crippen LogP contribution >= 0.6 is 0 Å². The van der Waals surface area contributed by atoms with Crippen LogP contribution in [-0.4, -0.2) is 16.7 Å². The van der Waals surface area contributed by atoms with E-state index in [0.717, 1.165) is 19.0 Å². The Morgan fingerprint density at radius 3 is 3.20 bits per heavy atom. The van der Waals surface area contributed by atoms with Crippen molar-refractivity contribution in [3.05, 3.63) is 30.0 Å². The number of H-pyrrole nitrogens is 1. The first-order valence-corrected chi connectivity index (χ1v) is 5.55. The second-order valence-corrected chi connectivity index (χ2v) is 4.33. The number of aromatic nitrogens is 2. The molecule has 1 aromatic carbocycles. The highest BCUT2D eigenvalue weighted by Crippen LogP contribution is 2.27. The number of hydrogen-bond donors (Lipinski definition) is 2. The van der Waals surface area contributed by atoms with E-state index in [9.17, 15) is 0 Å². The molecule has 0 aliphatic heterocycles. The van der Waals surface area contributed by atoms with Gasteiger partial charge in [0.1, 0.15) is 0 Å². The molecule has 3 heteroatoms. The number of nitrogens with zero attached hydrogens (tertiary/aromatic N) is 1. The lowest BCUT2D eigenvalue weighted by atomic mass is 10.1. The van der Waals surface area contributed by atoms with Crippen molar-refractivity contribution in [3.63, 3.8) is 0 Å². The largest absolute Gasteiger partial charge is 0.312 e. The van der Waals surface area contributed by atoms with Gasteiger partial charge in [0.05, 0.1) is 11.7 Å². The van der Waals surface area contributed by atoms with Crippen molar-refractivity contribution in [2.24, 2.45) is 5.92 Å². The first kappa shape index (κ1) is 8.92. The van der Waals surface area contributed by atoms with E-state index in [1.54, 1.807) is 0 Å². The quantitative estimate of drug-likeness (QED) is 0.795. The molecule has 2 aromatic rings. The zero-order valence-corrected chi connectivity index (χ0v) is 8.66. The normalized spacial score (nSPS) is 16.0. The van der Waals surface area contributed by atoms with Gasteiger partial charge in [-0.3, -0.25) is 5.10 Å². The predicted molar refractivity (Wildman–Crippen MR) is 60.5 cm³/mol. The standard InChI is InChI=1S/C12H15N3/c1-2-10(7-13-6-9-4-5-9)12-11(3-1)8-14-15-12/h1-3,8-9,13H,4-7H2,(H,14,15). The van der Waals surface area contributed by atoms with Crippen LogP contribution in [0.15, 0.2) is 24.4 Å². The SMILES string of the molecule is c1cc(CNCC2CC2)c2[nH]ncc2c1. The summed E-state index contributed by atoms with van der Waals surface area (Å²) in [6.07, 6.45) is 4.68. The molecular weight excluding hydrogens is 186 g/mol. The number of hydrogen-bond acceptors (Lipinski definition) is 2. The minimum atomic E-state index is 0.936. The lowest BCUT2D eigenvalue weighted by Gasteiger charge is -2.04. The monoisotopic (exact) mass is 201 g/mol. The lowest BCUT2D eigenvalue weighted by Crippen LogP contribution is -2.16. The van der Waals surface area contributed by atoms with Gasteiger partial charge < -0.3 is 5.32 Å². The summed E-state index contributed by atoms with van der Waals surface area (Å²) in [6, 6.07) is 6.33. The van der Waals surface area contributed by atoms with Gasteiger partial charge >= 0.3 is 0 Å². The fraction of sp³-hybridized carbons (Fsp3) is 0.417. The molecule has 0 bridgehead atoms. The highest BCUT2D eigenvalue weighted by Gasteiger charge is 2.20. The Kier molecular flexibility index (Phi) is 2.18. The molecule has 2 N–H and O–H groups in total. The average Bonchev–Trinajstić information content (AvgIpc) is 2.95. The zero-order chi connectivity index (χ0) is 10.1. The van der Waals surface area contributed by atoms with Crippen molar-refractivity contribution in [3.8, 4) is 0 Å². The number of aromatic amines is 1. The molecule has 0 spiro atoms. The molecule has 78 valence electrons. The second kappa shape index (κ2) is 3.66. The number of para-hydroxylation sites is 1. The van der Waals surface area contributed by atoms with Gasteiger partial charge in [0.15, 0.2) is 0 Å². The summed E-state index contributed by atoms with van der Waals surface area (Å²) in [6.45, 7) is 2.10. The van der Waals surface area contributed by atoms with E-state index in [2.05, 4.69) is 33.7 Å². The summed E-state index contributed by atoms with van der Waals surface area (Å²) in [4.78, 5) is 0. The van der Waals surface area contributed by atoms with E-state index in [1.165, 1.54) is 29.3 Å². The molecule has 1 aliphatic carbocycles. The molecule has 3 rings (SSSR count). The molecule has 0 amide bonds. The summed E-state index contributed by atoms with van der Waals surface area (Å²) in [5.74, 6) is 0.936. The highest BCUT2D eigenvalue weighted by atomic mass is 15.1. The maximum atomic E-state index is 4.06. The van der Waals surface area contributed by atoms with Gasteiger partial charge in [-0.05, 0) is 30.9 Å². The predicted octanol–water partition coefficient (Wildman–Crippen LogP) is 2.06. The molecule has 0 atom stereocenters. The summed E-state index contributed by atoms with van der Waals surface area (Å²) in [7, 11) is 0. The van der Waals surface area contributed by atoms with Crippen molar-refractivity contribution in [1.82, 2.24) is 15.5 Å². The van der Waals surface area contributed by atoms with Crippen molar-refractivity contribution in [2.75, 3.05) is 6.54 Å². The van der Waals surface area contributed by atoms with Crippen LogP contribution in [0, 0.1) is 5.92 Å². The molecule has 3 nitrogen and oxygen atoms in total. The van der Waals surface area contributed by atoms with Crippen LogP contribution in [0.4, 0.5) is 0 Å². The van der Waals surface area contributed by atoms with Crippen molar-refractivity contribution in [2.45, 2.75) is 19.4 Å². The van der Waals surface area contributed by atoms with Gasteiger partial charge in [0, 0.05) is 11.9 Å². The van der Waals surface area contributed by atoms with E-state index in [4.69, 9.17) is 0 Å². The first-order chi connectivity index (χ1) is 7.43. The Morgan fingerprint density at radius 2 is 2.33 bits per heavy atom. The fourth-order valence-electron chi connectivity index (χ4n) is 1.91. The van der Waals surface area contributed by atoms with Crippen LogP contribution < -0.4 is 5.32 Å². The van der Waals surface area contributed by atoms with E-state index in [0.29, 0.717) is 0 Å². The maximum Gasteiger partial charge on any atom is 0.0695 e. The lowest BCUT2D eigenvalue weighted by molar-refractivity contribution is 0.640. The van der Waals surface area contributed by atoms with E-state index >= 15 is 0 Å². The molecule has 1 heterocycles. The van der Waals surface area contributed by atoms with Crippen LogP contribution in [-0.2, 0) is 6.54 Å². The highest BCUT2D eigenvalue weighted by molar-refractivity contribution is 5.81. The van der Waals surface area contributed by atoms with Crippen LogP contribution in [0.1, 0.15) is 18.4 Å².